The third-order valence-corrected chi connectivity index (χ3v) is 6.42. The molecule has 1 aromatic heterocycles. The number of hydrogen-bond donors (Lipinski definition) is 1. The SMILES string of the molecule is CCCCN1C(=O)C(O)=C(C(=O)c2cc3cc(Br)ccc3o2)C1c1ccc(C(C)C)cc1. The minimum Gasteiger partial charge on any atom is -0.503 e. The van der Waals surface area contributed by atoms with E-state index in [1.165, 1.54) is 5.56 Å². The number of carbonyl (C=O) groups is 2. The van der Waals surface area contributed by atoms with Gasteiger partial charge in [0, 0.05) is 16.4 Å². The summed E-state index contributed by atoms with van der Waals surface area (Å²) >= 11 is 3.42. The lowest BCUT2D eigenvalue weighted by atomic mass is 9.93. The number of fused-ring (bicyclic) bond motifs is 1. The van der Waals surface area contributed by atoms with Crippen molar-refractivity contribution in [3.05, 3.63) is 81.2 Å². The van der Waals surface area contributed by atoms with Crippen LogP contribution in [0.5, 0.6) is 0 Å². The number of amides is 1. The first-order valence-corrected chi connectivity index (χ1v) is 11.7. The molecule has 1 aliphatic heterocycles. The van der Waals surface area contributed by atoms with Crippen molar-refractivity contribution in [2.24, 2.45) is 0 Å². The summed E-state index contributed by atoms with van der Waals surface area (Å²) in [6.07, 6.45) is 1.67. The molecule has 1 aliphatic rings. The number of Topliss-reactive ketones (excluding diaryl/α,β-unsaturated/α-hetero) is 1. The number of carbonyl (C=O) groups excluding carboxylic acids is 2. The molecule has 1 unspecified atom stereocenters. The normalized spacial score (nSPS) is 16.6. The smallest absolute Gasteiger partial charge is 0.290 e. The molecule has 1 amide bonds. The Hall–Kier alpha value is -2.86. The maximum absolute atomic E-state index is 13.5. The molecule has 1 N–H and O–H groups in total. The zero-order chi connectivity index (χ0) is 23.0. The van der Waals surface area contributed by atoms with Crippen LogP contribution >= 0.6 is 15.9 Å². The fraction of sp³-hybridized carbons (Fsp3) is 0.308. The van der Waals surface area contributed by atoms with Gasteiger partial charge < -0.3 is 14.4 Å². The molecule has 6 heteroatoms. The fourth-order valence-electron chi connectivity index (χ4n) is 4.11. The second kappa shape index (κ2) is 8.94. The number of ketones is 1. The van der Waals surface area contributed by atoms with E-state index in [0.717, 1.165) is 28.3 Å². The summed E-state index contributed by atoms with van der Waals surface area (Å²) in [4.78, 5) is 28.1. The van der Waals surface area contributed by atoms with Crippen molar-refractivity contribution < 1.29 is 19.1 Å². The van der Waals surface area contributed by atoms with Crippen LogP contribution in [0.15, 0.2) is 68.8 Å². The largest absolute Gasteiger partial charge is 0.503 e. The molecular formula is C26H26BrNO4. The standard InChI is InChI=1S/C26H26BrNO4/c1-4-5-12-28-23(17-8-6-16(7-9-17)15(2)3)22(25(30)26(28)31)24(29)21-14-18-13-19(27)10-11-20(18)32-21/h6-11,13-15,23,30H,4-5,12H2,1-3H3. The quantitative estimate of drug-likeness (QED) is 0.370. The molecule has 32 heavy (non-hydrogen) atoms. The van der Waals surface area contributed by atoms with Gasteiger partial charge in [-0.15, -0.1) is 0 Å². The van der Waals surface area contributed by atoms with Crippen molar-refractivity contribution in [1.82, 2.24) is 4.90 Å². The van der Waals surface area contributed by atoms with Crippen molar-refractivity contribution in [2.45, 2.75) is 45.6 Å². The highest BCUT2D eigenvalue weighted by Gasteiger charge is 2.44. The van der Waals surface area contributed by atoms with Gasteiger partial charge in [-0.25, -0.2) is 0 Å². The molecule has 4 rings (SSSR count). The van der Waals surface area contributed by atoms with Gasteiger partial charge in [-0.1, -0.05) is 67.4 Å². The van der Waals surface area contributed by atoms with E-state index in [2.05, 4.69) is 29.8 Å². The van der Waals surface area contributed by atoms with Crippen LogP contribution in [0, 0.1) is 0 Å². The lowest BCUT2D eigenvalue weighted by molar-refractivity contribution is -0.129. The van der Waals surface area contributed by atoms with E-state index in [-0.39, 0.29) is 11.3 Å². The maximum atomic E-state index is 13.5. The number of nitrogens with zero attached hydrogens (tertiary/aromatic N) is 1. The fourth-order valence-corrected chi connectivity index (χ4v) is 4.49. The lowest BCUT2D eigenvalue weighted by Crippen LogP contribution is -2.32. The van der Waals surface area contributed by atoms with Crippen LogP contribution in [0.2, 0.25) is 0 Å². The number of unbranched alkanes of at least 4 members (excludes halogenated alkanes) is 1. The monoisotopic (exact) mass is 495 g/mol. The van der Waals surface area contributed by atoms with Crippen molar-refractivity contribution in [2.75, 3.05) is 6.54 Å². The summed E-state index contributed by atoms with van der Waals surface area (Å²) in [6, 6.07) is 14.4. The molecule has 2 aromatic carbocycles. The molecule has 0 bridgehead atoms. The molecule has 5 nitrogen and oxygen atoms in total. The van der Waals surface area contributed by atoms with Gasteiger partial charge in [-0.3, -0.25) is 9.59 Å². The third-order valence-electron chi connectivity index (χ3n) is 5.92. The van der Waals surface area contributed by atoms with Crippen LogP contribution in [0.3, 0.4) is 0 Å². The molecule has 0 saturated carbocycles. The molecular weight excluding hydrogens is 470 g/mol. The summed E-state index contributed by atoms with van der Waals surface area (Å²) in [6.45, 7) is 6.73. The van der Waals surface area contributed by atoms with E-state index in [1.807, 2.05) is 43.3 Å². The van der Waals surface area contributed by atoms with Gasteiger partial charge in [0.05, 0.1) is 11.6 Å². The van der Waals surface area contributed by atoms with Crippen LogP contribution in [0.25, 0.3) is 11.0 Å². The molecule has 2 heterocycles. The van der Waals surface area contributed by atoms with E-state index in [1.54, 1.807) is 17.0 Å². The van der Waals surface area contributed by atoms with Crippen LogP contribution in [-0.2, 0) is 4.79 Å². The molecule has 0 spiro atoms. The van der Waals surface area contributed by atoms with Gasteiger partial charge >= 0.3 is 0 Å². The summed E-state index contributed by atoms with van der Waals surface area (Å²) in [5, 5.41) is 11.5. The van der Waals surface area contributed by atoms with E-state index in [9.17, 15) is 14.7 Å². The lowest BCUT2D eigenvalue weighted by Gasteiger charge is -2.27. The van der Waals surface area contributed by atoms with Crippen molar-refractivity contribution in [3.63, 3.8) is 0 Å². The first-order valence-electron chi connectivity index (χ1n) is 10.9. The van der Waals surface area contributed by atoms with Gasteiger partial charge in [-0.05, 0) is 47.7 Å². The van der Waals surface area contributed by atoms with Crippen LogP contribution in [-0.4, -0.2) is 28.2 Å². The summed E-state index contributed by atoms with van der Waals surface area (Å²) in [5.41, 5.74) is 2.61. The molecule has 1 atom stereocenters. The van der Waals surface area contributed by atoms with Crippen LogP contribution in [0.4, 0.5) is 0 Å². The number of furan rings is 1. The number of benzene rings is 2. The predicted octanol–water partition coefficient (Wildman–Crippen LogP) is 6.70. The average molecular weight is 496 g/mol. The summed E-state index contributed by atoms with van der Waals surface area (Å²) < 4.78 is 6.66. The molecule has 3 aromatic rings. The molecule has 0 saturated heterocycles. The Morgan fingerprint density at radius 1 is 1.16 bits per heavy atom. The minimum atomic E-state index is -0.650. The number of aliphatic hydroxyl groups is 1. The first-order chi connectivity index (χ1) is 15.3. The second-order valence-corrected chi connectivity index (χ2v) is 9.38. The molecule has 0 fully saturated rings. The van der Waals surface area contributed by atoms with Gasteiger partial charge in [0.1, 0.15) is 5.58 Å². The van der Waals surface area contributed by atoms with Crippen molar-refractivity contribution >= 4 is 38.6 Å². The number of aliphatic hydroxyl groups excluding tert-OH is 1. The Bertz CT molecular complexity index is 1210. The predicted molar refractivity (Wildman–Crippen MR) is 128 cm³/mol. The van der Waals surface area contributed by atoms with E-state index >= 15 is 0 Å². The highest BCUT2D eigenvalue weighted by atomic mass is 79.9. The first kappa shape index (κ1) is 22.3. The summed E-state index contributed by atoms with van der Waals surface area (Å²) in [7, 11) is 0. The Kier molecular flexibility index (Phi) is 6.24. The average Bonchev–Trinajstić information content (AvgIpc) is 3.30. The van der Waals surface area contributed by atoms with Crippen molar-refractivity contribution in [3.8, 4) is 0 Å². The van der Waals surface area contributed by atoms with E-state index in [0.29, 0.717) is 18.0 Å². The zero-order valence-electron chi connectivity index (χ0n) is 18.4. The molecule has 0 radical (unpaired) electrons. The molecule has 0 aliphatic carbocycles. The second-order valence-electron chi connectivity index (χ2n) is 8.46. The number of halogens is 1. The van der Waals surface area contributed by atoms with Gasteiger partial charge in [-0.2, -0.15) is 0 Å². The maximum Gasteiger partial charge on any atom is 0.290 e. The third kappa shape index (κ3) is 3.99. The zero-order valence-corrected chi connectivity index (χ0v) is 20.0. The highest BCUT2D eigenvalue weighted by Crippen LogP contribution is 2.40. The van der Waals surface area contributed by atoms with Crippen molar-refractivity contribution in [1.29, 1.82) is 0 Å². The van der Waals surface area contributed by atoms with Crippen LogP contribution in [0.1, 0.15) is 67.3 Å². The molecule has 166 valence electrons. The topological polar surface area (TPSA) is 70.8 Å². The van der Waals surface area contributed by atoms with Gasteiger partial charge in [0.2, 0.25) is 5.78 Å². The Morgan fingerprint density at radius 3 is 2.53 bits per heavy atom. The van der Waals surface area contributed by atoms with Gasteiger partial charge in [0.25, 0.3) is 5.91 Å². The Labute approximate surface area is 195 Å². The Morgan fingerprint density at radius 2 is 1.88 bits per heavy atom. The number of rotatable bonds is 7. The van der Waals surface area contributed by atoms with Gasteiger partial charge in [0.15, 0.2) is 11.5 Å². The van der Waals surface area contributed by atoms with E-state index < -0.39 is 23.5 Å². The summed E-state index contributed by atoms with van der Waals surface area (Å²) in [5.74, 6) is -1.01. The minimum absolute atomic E-state index is 0.0709. The highest BCUT2D eigenvalue weighted by molar-refractivity contribution is 9.10. The van der Waals surface area contributed by atoms with Crippen LogP contribution < -0.4 is 0 Å². The number of hydrogen-bond acceptors (Lipinski definition) is 4. The Balaban J connectivity index is 1.78. The van der Waals surface area contributed by atoms with E-state index in [4.69, 9.17) is 4.42 Å².